The van der Waals surface area contributed by atoms with Crippen LogP contribution in [-0.2, 0) is 11.4 Å². The summed E-state index contributed by atoms with van der Waals surface area (Å²) in [6.45, 7) is 4.06. The molecule has 0 bridgehead atoms. The third kappa shape index (κ3) is 6.50. The highest BCUT2D eigenvalue weighted by atomic mass is 35.5. The fraction of sp³-hybridized carbons (Fsp3) is 0.154. The Morgan fingerprint density at radius 3 is 2.59 bits per heavy atom. The molecule has 0 aliphatic heterocycles. The van der Waals surface area contributed by atoms with Crippen LogP contribution in [0.3, 0.4) is 0 Å². The van der Waals surface area contributed by atoms with Gasteiger partial charge in [0.15, 0.2) is 11.5 Å². The predicted molar refractivity (Wildman–Crippen MR) is 132 cm³/mol. The third-order valence-corrected chi connectivity index (χ3v) is 5.40. The van der Waals surface area contributed by atoms with E-state index in [0.29, 0.717) is 34.2 Å². The van der Waals surface area contributed by atoms with Crippen LogP contribution in [0.15, 0.2) is 60.2 Å². The maximum atomic E-state index is 13.4. The largest absolute Gasteiger partial charge is 0.490 e. The Morgan fingerprint density at radius 1 is 1.12 bits per heavy atom. The highest BCUT2D eigenvalue weighted by Crippen LogP contribution is 2.38. The van der Waals surface area contributed by atoms with Gasteiger partial charge in [-0.1, -0.05) is 41.4 Å². The van der Waals surface area contributed by atoms with Crippen LogP contribution in [0.2, 0.25) is 10.0 Å². The lowest BCUT2D eigenvalue weighted by atomic mass is 10.1. The van der Waals surface area contributed by atoms with E-state index in [1.807, 2.05) is 13.0 Å². The quantitative estimate of drug-likeness (QED) is 0.269. The number of halogens is 3. The number of rotatable bonds is 8. The summed E-state index contributed by atoms with van der Waals surface area (Å²) < 4.78 is 24.9. The normalized spacial score (nSPS) is 11.0. The van der Waals surface area contributed by atoms with E-state index in [-0.39, 0.29) is 28.8 Å². The first kappa shape index (κ1) is 25.1. The molecule has 0 heterocycles. The van der Waals surface area contributed by atoms with Crippen molar-refractivity contribution in [2.75, 3.05) is 11.9 Å². The molecule has 0 aliphatic carbocycles. The van der Waals surface area contributed by atoms with Gasteiger partial charge < -0.3 is 14.8 Å². The van der Waals surface area contributed by atoms with Gasteiger partial charge in [-0.25, -0.2) is 4.39 Å². The van der Waals surface area contributed by atoms with E-state index in [2.05, 4.69) is 5.32 Å². The maximum absolute atomic E-state index is 13.4. The van der Waals surface area contributed by atoms with E-state index in [9.17, 15) is 14.4 Å². The molecule has 3 aromatic carbocycles. The smallest absolute Gasteiger partial charge is 0.266 e. The molecule has 0 saturated heterocycles. The van der Waals surface area contributed by atoms with Crippen molar-refractivity contribution in [2.24, 2.45) is 0 Å². The topological polar surface area (TPSA) is 71.3 Å². The zero-order valence-electron chi connectivity index (χ0n) is 18.5. The van der Waals surface area contributed by atoms with Crippen LogP contribution in [0.4, 0.5) is 10.1 Å². The minimum atomic E-state index is -0.595. The molecule has 0 fully saturated rings. The van der Waals surface area contributed by atoms with Gasteiger partial charge in [-0.3, -0.25) is 4.79 Å². The number of nitriles is 1. The van der Waals surface area contributed by atoms with Gasteiger partial charge in [0.25, 0.3) is 5.91 Å². The molecule has 0 spiro atoms. The molecule has 8 heteroatoms. The average molecular weight is 499 g/mol. The van der Waals surface area contributed by atoms with E-state index in [1.165, 1.54) is 18.2 Å². The van der Waals surface area contributed by atoms with E-state index < -0.39 is 5.91 Å². The summed E-state index contributed by atoms with van der Waals surface area (Å²) in [7, 11) is 0. The van der Waals surface area contributed by atoms with Crippen LogP contribution < -0.4 is 14.8 Å². The molecule has 1 amide bonds. The highest BCUT2D eigenvalue weighted by Gasteiger charge is 2.15. The Balaban J connectivity index is 1.85. The Hall–Kier alpha value is -3.53. The van der Waals surface area contributed by atoms with Crippen molar-refractivity contribution in [2.45, 2.75) is 20.5 Å². The molecule has 0 aromatic heterocycles. The van der Waals surface area contributed by atoms with E-state index in [1.54, 1.807) is 49.4 Å². The standard InChI is InChI=1S/C26H21Cl2FN2O3/c1-3-33-24-12-18(11-23(28)25(24)34-15-17-5-4-6-20(29)10-17)9-19(14-30)26(32)31-21-8-7-16(2)22(27)13-21/h4-13H,3,15H2,1-2H3,(H,31,32)/b19-9-. The predicted octanol–water partition coefficient (Wildman–Crippen LogP) is 6.96. The highest BCUT2D eigenvalue weighted by molar-refractivity contribution is 6.32. The molecule has 1 N–H and O–H groups in total. The Morgan fingerprint density at radius 2 is 1.91 bits per heavy atom. The van der Waals surface area contributed by atoms with Crippen LogP contribution >= 0.6 is 23.2 Å². The molecule has 0 radical (unpaired) electrons. The number of ether oxygens (including phenoxy) is 2. The number of carbonyl (C=O) groups excluding carboxylic acids is 1. The summed E-state index contributed by atoms with van der Waals surface area (Å²) in [6.07, 6.45) is 1.40. The number of anilines is 1. The molecule has 0 saturated carbocycles. The number of nitrogens with zero attached hydrogens (tertiary/aromatic N) is 1. The van der Waals surface area contributed by atoms with Gasteiger partial charge in [-0.05, 0) is 73.0 Å². The second-order valence-corrected chi connectivity index (χ2v) is 8.08. The van der Waals surface area contributed by atoms with Gasteiger partial charge >= 0.3 is 0 Å². The molecule has 0 unspecified atom stereocenters. The molecule has 0 atom stereocenters. The molecular formula is C26H21Cl2FN2O3. The molecule has 3 rings (SSSR count). The van der Waals surface area contributed by atoms with Gasteiger partial charge in [-0.15, -0.1) is 0 Å². The van der Waals surface area contributed by atoms with Crippen molar-refractivity contribution in [3.05, 3.63) is 92.7 Å². The van der Waals surface area contributed by atoms with Crippen molar-refractivity contribution in [3.63, 3.8) is 0 Å². The van der Waals surface area contributed by atoms with Crippen LogP contribution in [0, 0.1) is 24.1 Å². The summed E-state index contributed by atoms with van der Waals surface area (Å²) >= 11 is 12.5. The Bertz CT molecular complexity index is 1290. The minimum absolute atomic E-state index is 0.0811. The van der Waals surface area contributed by atoms with E-state index in [0.717, 1.165) is 5.56 Å². The summed E-state index contributed by atoms with van der Waals surface area (Å²) in [4.78, 5) is 12.6. The van der Waals surface area contributed by atoms with Crippen LogP contribution in [-0.4, -0.2) is 12.5 Å². The first-order valence-corrected chi connectivity index (χ1v) is 11.1. The molecule has 5 nitrogen and oxygen atoms in total. The Labute approximate surface area is 207 Å². The summed E-state index contributed by atoms with van der Waals surface area (Å²) in [5.74, 6) is -0.348. The van der Waals surface area contributed by atoms with Gasteiger partial charge in [0.05, 0.1) is 11.6 Å². The molecule has 3 aromatic rings. The van der Waals surface area contributed by atoms with Gasteiger partial charge in [0, 0.05) is 10.7 Å². The van der Waals surface area contributed by atoms with Gasteiger partial charge in [0.1, 0.15) is 24.1 Å². The van der Waals surface area contributed by atoms with Crippen LogP contribution in [0.25, 0.3) is 6.08 Å². The summed E-state index contributed by atoms with van der Waals surface area (Å²) in [5.41, 5.74) is 2.30. The first-order valence-electron chi connectivity index (χ1n) is 10.3. The van der Waals surface area contributed by atoms with Gasteiger partial charge in [-0.2, -0.15) is 5.26 Å². The lowest BCUT2D eigenvalue weighted by Crippen LogP contribution is -2.13. The number of nitrogens with one attached hydrogen (secondary N) is 1. The van der Waals surface area contributed by atoms with Gasteiger partial charge in [0.2, 0.25) is 0 Å². The van der Waals surface area contributed by atoms with Crippen molar-refractivity contribution in [1.82, 2.24) is 0 Å². The number of hydrogen-bond donors (Lipinski definition) is 1. The molecular weight excluding hydrogens is 478 g/mol. The lowest BCUT2D eigenvalue weighted by Gasteiger charge is -2.15. The molecule has 0 aliphatic rings. The number of hydrogen-bond acceptors (Lipinski definition) is 4. The van der Waals surface area contributed by atoms with Crippen molar-refractivity contribution < 1.29 is 18.7 Å². The molecule has 174 valence electrons. The maximum Gasteiger partial charge on any atom is 0.266 e. The number of amides is 1. The average Bonchev–Trinajstić information content (AvgIpc) is 2.79. The van der Waals surface area contributed by atoms with Crippen molar-refractivity contribution >= 4 is 40.9 Å². The lowest BCUT2D eigenvalue weighted by molar-refractivity contribution is -0.112. The van der Waals surface area contributed by atoms with E-state index >= 15 is 0 Å². The SMILES string of the molecule is CCOc1cc(/C=C(/C#N)C(=O)Nc2ccc(C)c(Cl)c2)cc(Cl)c1OCc1cccc(F)c1. The summed E-state index contributed by atoms with van der Waals surface area (Å²) in [5, 5.41) is 12.9. The minimum Gasteiger partial charge on any atom is -0.490 e. The monoisotopic (exact) mass is 498 g/mol. The van der Waals surface area contributed by atoms with Crippen molar-refractivity contribution in [3.8, 4) is 17.6 Å². The second kappa shape index (κ2) is 11.6. The zero-order chi connectivity index (χ0) is 24.7. The summed E-state index contributed by atoms with van der Waals surface area (Å²) in [6, 6.07) is 16.2. The fourth-order valence-electron chi connectivity index (χ4n) is 3.04. The zero-order valence-corrected chi connectivity index (χ0v) is 20.0. The van der Waals surface area contributed by atoms with Crippen LogP contribution in [0.5, 0.6) is 11.5 Å². The molecule has 34 heavy (non-hydrogen) atoms. The van der Waals surface area contributed by atoms with Crippen molar-refractivity contribution in [1.29, 1.82) is 5.26 Å². The third-order valence-electron chi connectivity index (χ3n) is 4.71. The first-order chi connectivity index (χ1) is 16.3. The second-order valence-electron chi connectivity index (χ2n) is 7.27. The number of aryl methyl sites for hydroxylation is 1. The number of carbonyl (C=O) groups is 1. The Kier molecular flexibility index (Phi) is 8.53. The number of benzene rings is 3. The van der Waals surface area contributed by atoms with Crippen LogP contribution in [0.1, 0.15) is 23.6 Å². The van der Waals surface area contributed by atoms with E-state index in [4.69, 9.17) is 32.7 Å². The fourth-order valence-corrected chi connectivity index (χ4v) is 3.50.